The first kappa shape index (κ1) is 26.7. The minimum atomic E-state index is -3.52. The number of anilines is 1. The summed E-state index contributed by atoms with van der Waals surface area (Å²) >= 11 is 0. The van der Waals surface area contributed by atoms with Crippen LogP contribution < -0.4 is 14.8 Å². The van der Waals surface area contributed by atoms with Crippen LogP contribution in [0.15, 0.2) is 42.9 Å². The number of methoxy groups -OCH3 is 1. The average molecular weight is 529 g/mol. The van der Waals surface area contributed by atoms with Crippen LogP contribution in [-0.2, 0) is 25.0 Å². The molecule has 0 aliphatic heterocycles. The van der Waals surface area contributed by atoms with Gasteiger partial charge in [0.1, 0.15) is 5.60 Å². The fraction of sp³-hybridized carbons (Fsp3) is 0.480. The molecule has 12 heteroatoms. The number of hydrogen-bond donors (Lipinski definition) is 2. The number of carbonyl (C=O) groups excluding carboxylic acids is 1. The molecule has 2 unspecified atom stereocenters. The number of carbonyl (C=O) groups is 1. The molecule has 4 rings (SSSR count). The molecule has 0 bridgehead atoms. The van der Waals surface area contributed by atoms with Crippen molar-refractivity contribution in [2.45, 2.75) is 62.8 Å². The van der Waals surface area contributed by atoms with E-state index in [1.54, 1.807) is 39.4 Å². The van der Waals surface area contributed by atoms with Crippen LogP contribution in [0.25, 0.3) is 5.57 Å². The van der Waals surface area contributed by atoms with Crippen molar-refractivity contribution in [2.75, 3.05) is 18.4 Å². The topological polar surface area (TPSA) is 145 Å². The van der Waals surface area contributed by atoms with Crippen LogP contribution in [0.1, 0.15) is 51.9 Å². The number of nitrogens with one attached hydrogen (secondary N) is 2. The minimum Gasteiger partial charge on any atom is -0.477 e. The molecule has 1 amide bonds. The molecule has 0 aromatic carbocycles. The molecule has 198 valence electrons. The van der Waals surface area contributed by atoms with Gasteiger partial charge in [0.2, 0.25) is 27.8 Å². The molecule has 2 N–H and O–H groups in total. The zero-order chi connectivity index (χ0) is 26.8. The Hall–Kier alpha value is -3.38. The van der Waals surface area contributed by atoms with E-state index in [1.807, 2.05) is 32.1 Å². The van der Waals surface area contributed by atoms with Gasteiger partial charge in [0.25, 0.3) is 0 Å². The number of amides is 1. The first-order valence-corrected chi connectivity index (χ1v) is 13.6. The normalized spacial score (nSPS) is 21.8. The van der Waals surface area contributed by atoms with Crippen LogP contribution in [0.5, 0.6) is 5.88 Å². The van der Waals surface area contributed by atoms with Gasteiger partial charge in [-0.2, -0.15) is 0 Å². The van der Waals surface area contributed by atoms with Gasteiger partial charge in [-0.1, -0.05) is 12.2 Å². The second-order valence-electron chi connectivity index (χ2n) is 9.71. The number of hydrogen-bond acceptors (Lipinski definition) is 9. The van der Waals surface area contributed by atoms with Crippen molar-refractivity contribution in [3.8, 4) is 5.88 Å². The van der Waals surface area contributed by atoms with E-state index in [9.17, 15) is 13.2 Å². The van der Waals surface area contributed by atoms with Crippen LogP contribution in [-0.4, -0.2) is 64.9 Å². The van der Waals surface area contributed by atoms with Gasteiger partial charge < -0.3 is 14.8 Å². The molecule has 2 aromatic heterocycles. The van der Waals surface area contributed by atoms with Gasteiger partial charge in [-0.15, -0.1) is 0 Å². The molecule has 1 saturated carbocycles. The second kappa shape index (κ2) is 10.2. The summed E-state index contributed by atoms with van der Waals surface area (Å²) in [5.74, 6) is 0.0666. The van der Waals surface area contributed by atoms with Gasteiger partial charge in [-0.3, -0.25) is 14.5 Å². The Morgan fingerprint density at radius 3 is 2.68 bits per heavy atom. The fourth-order valence-corrected chi connectivity index (χ4v) is 5.14. The fourth-order valence-electron chi connectivity index (χ4n) is 3.86. The van der Waals surface area contributed by atoms with Crippen molar-refractivity contribution in [3.63, 3.8) is 0 Å². The highest BCUT2D eigenvalue weighted by atomic mass is 32.2. The molecule has 2 atom stereocenters. The third-order valence-electron chi connectivity index (χ3n) is 6.52. The molecule has 37 heavy (non-hydrogen) atoms. The predicted octanol–water partition coefficient (Wildman–Crippen LogP) is 2.39. The molecule has 2 aromatic rings. The van der Waals surface area contributed by atoms with E-state index in [2.05, 4.69) is 30.0 Å². The summed E-state index contributed by atoms with van der Waals surface area (Å²) in [6.07, 6.45) is 11.5. The molecular weight excluding hydrogens is 496 g/mol. The van der Waals surface area contributed by atoms with Crippen molar-refractivity contribution in [1.82, 2.24) is 25.3 Å². The van der Waals surface area contributed by atoms with Gasteiger partial charge in [0.15, 0.2) is 0 Å². The summed E-state index contributed by atoms with van der Waals surface area (Å²) in [6.45, 7) is 7.66. The summed E-state index contributed by atoms with van der Waals surface area (Å²) in [5.41, 5.74) is -0.182. The van der Waals surface area contributed by atoms with Crippen molar-refractivity contribution in [2.24, 2.45) is 0 Å². The highest BCUT2D eigenvalue weighted by Gasteiger charge is 2.40. The number of rotatable bonds is 10. The summed E-state index contributed by atoms with van der Waals surface area (Å²) in [6, 6.07) is 1.11. The van der Waals surface area contributed by atoms with E-state index < -0.39 is 32.3 Å². The van der Waals surface area contributed by atoms with Crippen LogP contribution in [0.2, 0.25) is 0 Å². The predicted molar refractivity (Wildman–Crippen MR) is 138 cm³/mol. The van der Waals surface area contributed by atoms with Gasteiger partial charge in [0.05, 0.1) is 47.1 Å². The van der Waals surface area contributed by atoms with Gasteiger partial charge in [-0.25, -0.2) is 23.4 Å². The lowest BCUT2D eigenvalue weighted by atomic mass is 9.84. The Morgan fingerprint density at radius 2 is 2.00 bits per heavy atom. The molecule has 2 heterocycles. The monoisotopic (exact) mass is 528 g/mol. The van der Waals surface area contributed by atoms with Crippen molar-refractivity contribution < 1.29 is 22.7 Å². The molecule has 2 aliphatic carbocycles. The summed E-state index contributed by atoms with van der Waals surface area (Å²) in [4.78, 5) is 30.5. The molecule has 0 radical (unpaired) electrons. The second-order valence-corrected chi connectivity index (χ2v) is 11.7. The summed E-state index contributed by atoms with van der Waals surface area (Å²) < 4.78 is 38.3. The van der Waals surface area contributed by atoms with Crippen LogP contribution in [0.3, 0.4) is 0 Å². The third-order valence-corrected chi connectivity index (χ3v) is 8.33. The largest absolute Gasteiger partial charge is 0.477 e. The third kappa shape index (κ3) is 5.80. The number of nitrogens with zero attached hydrogens (tertiary/aromatic N) is 4. The van der Waals surface area contributed by atoms with E-state index in [0.717, 1.165) is 5.57 Å². The Kier molecular flexibility index (Phi) is 7.33. The van der Waals surface area contributed by atoms with Crippen LogP contribution in [0.4, 0.5) is 5.95 Å². The maximum absolute atomic E-state index is 13.5. The molecule has 2 aliphatic rings. The average Bonchev–Trinajstić information content (AvgIpc) is 3.72. The Labute approximate surface area is 216 Å². The zero-order valence-corrected chi connectivity index (χ0v) is 22.4. The minimum absolute atomic E-state index is 0.0486. The summed E-state index contributed by atoms with van der Waals surface area (Å²) in [5, 5.41) is 2.63. The number of ether oxygens (including phenoxy) is 2. The van der Waals surface area contributed by atoms with Gasteiger partial charge in [0, 0.05) is 18.9 Å². The van der Waals surface area contributed by atoms with E-state index in [1.165, 1.54) is 6.20 Å². The Morgan fingerprint density at radius 1 is 1.24 bits per heavy atom. The molecule has 0 saturated heterocycles. The van der Waals surface area contributed by atoms with Gasteiger partial charge in [-0.05, 0) is 52.7 Å². The lowest BCUT2D eigenvalue weighted by Gasteiger charge is -2.37. The van der Waals surface area contributed by atoms with Crippen molar-refractivity contribution >= 4 is 27.5 Å². The quantitative estimate of drug-likeness (QED) is 0.475. The van der Waals surface area contributed by atoms with E-state index in [0.29, 0.717) is 36.7 Å². The smallest absolute Gasteiger partial charge is 0.237 e. The number of allylic oxidation sites excluding steroid dienone is 2. The van der Waals surface area contributed by atoms with Crippen molar-refractivity contribution in [3.05, 3.63) is 54.3 Å². The molecule has 11 nitrogen and oxygen atoms in total. The number of sulfonamides is 1. The zero-order valence-electron chi connectivity index (χ0n) is 21.6. The molecule has 1 fully saturated rings. The lowest BCUT2D eigenvalue weighted by Crippen LogP contribution is -2.54. The number of aromatic nitrogens is 4. The first-order valence-electron chi connectivity index (χ1n) is 12.1. The Bertz CT molecular complexity index is 1340. The lowest BCUT2D eigenvalue weighted by molar-refractivity contribution is -0.127. The highest BCUT2D eigenvalue weighted by Crippen LogP contribution is 2.32. The van der Waals surface area contributed by atoms with Crippen LogP contribution in [0, 0.1) is 0 Å². The van der Waals surface area contributed by atoms with Gasteiger partial charge >= 0.3 is 0 Å². The van der Waals surface area contributed by atoms with Crippen LogP contribution >= 0.6 is 0 Å². The summed E-state index contributed by atoms with van der Waals surface area (Å²) in [7, 11) is -1.95. The highest BCUT2D eigenvalue weighted by molar-refractivity contribution is 7.93. The first-order chi connectivity index (χ1) is 17.5. The molecular formula is C25H32N6O5S. The SMILES string of the molecule is CCOc1cncc(C2=CC(C)(OC)C(NC(=O)C(C)(C)c3ccnc(NS(=O)(=O)C4CC4)n3)C=C2)n1. The van der Waals surface area contributed by atoms with Crippen molar-refractivity contribution in [1.29, 1.82) is 0 Å². The maximum Gasteiger partial charge on any atom is 0.237 e. The maximum atomic E-state index is 13.5. The van der Waals surface area contributed by atoms with E-state index in [-0.39, 0.29) is 11.9 Å². The Balaban J connectivity index is 1.52. The van der Waals surface area contributed by atoms with E-state index in [4.69, 9.17) is 9.47 Å². The molecule has 0 spiro atoms. The standard InChI is InChI=1S/C25H32N6O5S/c1-6-36-21-15-26-14-18(28-21)16-7-10-20(25(4,13-16)35-5)29-22(32)24(2,3)19-11-12-27-23(30-19)31-37(33,34)17-8-9-17/h7,10-15,17,20H,6,8-9H2,1-5H3,(H,29,32)(H,27,30,31). The van der Waals surface area contributed by atoms with E-state index >= 15 is 0 Å².